The maximum Gasteiger partial charge on any atom is 0.326 e. The summed E-state index contributed by atoms with van der Waals surface area (Å²) < 4.78 is 48.3. The molecular formula is C20H23NO5S2. The Morgan fingerprint density at radius 2 is 1.64 bits per heavy atom. The lowest BCUT2D eigenvalue weighted by Gasteiger charge is -2.17. The lowest BCUT2D eigenvalue weighted by atomic mass is 10.2. The number of esters is 1. The van der Waals surface area contributed by atoms with E-state index in [1.54, 1.807) is 36.4 Å². The van der Waals surface area contributed by atoms with Crippen LogP contribution in [0.1, 0.15) is 18.9 Å². The van der Waals surface area contributed by atoms with Crippen LogP contribution < -0.4 is 0 Å². The Balaban J connectivity index is 2.79. The zero-order chi connectivity index (χ0) is 20.8. The summed E-state index contributed by atoms with van der Waals surface area (Å²) in [5.41, 5.74) is 0.876. The van der Waals surface area contributed by atoms with Crippen molar-refractivity contribution in [2.45, 2.75) is 35.3 Å². The zero-order valence-corrected chi connectivity index (χ0v) is 17.6. The minimum atomic E-state index is -4.29. The van der Waals surface area contributed by atoms with E-state index in [1.165, 1.54) is 30.3 Å². The van der Waals surface area contributed by atoms with Crippen molar-refractivity contribution in [3.63, 3.8) is 0 Å². The molecule has 2 aromatic carbocycles. The van der Waals surface area contributed by atoms with Gasteiger partial charge in [0.2, 0.25) is 0 Å². The van der Waals surface area contributed by atoms with E-state index in [0.717, 1.165) is 12.7 Å². The van der Waals surface area contributed by atoms with Gasteiger partial charge in [0.05, 0.1) is 12.0 Å². The molecule has 0 aliphatic heterocycles. The highest BCUT2D eigenvalue weighted by molar-refractivity contribution is 8.04. The Bertz CT molecular complexity index is 1070. The highest BCUT2D eigenvalue weighted by Gasteiger charge is 2.33. The summed E-state index contributed by atoms with van der Waals surface area (Å²) in [5.74, 6) is -0.818. The standard InChI is InChI=1S/C20H23NO5S2/c1-4-5-11-19(20(22)26-3)27(23,17-9-7-6-8-10-17)21-28(24,25)18-14-12-16(2)13-15-18/h5-15,19H,4H2,1-3H3/b11-5+. The van der Waals surface area contributed by atoms with Gasteiger partial charge < -0.3 is 4.74 Å². The summed E-state index contributed by atoms with van der Waals surface area (Å²) in [7, 11) is -6.86. The molecule has 2 rings (SSSR count). The maximum absolute atomic E-state index is 14.0. The second-order valence-corrected chi connectivity index (χ2v) is 10.2. The molecule has 0 saturated heterocycles. The summed E-state index contributed by atoms with van der Waals surface area (Å²) in [4.78, 5) is 12.4. The van der Waals surface area contributed by atoms with Gasteiger partial charge in [-0.15, -0.1) is 3.77 Å². The normalized spacial score (nSPS) is 15.0. The number of benzene rings is 2. The van der Waals surface area contributed by atoms with Gasteiger partial charge >= 0.3 is 5.97 Å². The summed E-state index contributed by atoms with van der Waals surface area (Å²) in [6.07, 6.45) is 3.61. The first-order valence-electron chi connectivity index (χ1n) is 8.63. The Morgan fingerprint density at radius 1 is 1.04 bits per heavy atom. The molecule has 0 radical (unpaired) electrons. The molecule has 0 aliphatic rings. The minimum absolute atomic E-state index is 0.0927. The van der Waals surface area contributed by atoms with Crippen molar-refractivity contribution in [2.75, 3.05) is 7.11 Å². The van der Waals surface area contributed by atoms with Crippen LogP contribution in [-0.2, 0) is 29.3 Å². The number of carbonyl (C=O) groups is 1. The SMILES string of the molecule is CC/C=C/C(C(=O)OC)S(=O)(=NS(=O)(=O)c1ccc(C)cc1)c1ccccc1. The molecule has 0 aliphatic carbocycles. The van der Waals surface area contributed by atoms with Gasteiger partial charge in [-0.25, -0.2) is 4.21 Å². The molecule has 0 amide bonds. The number of rotatable bonds is 7. The average Bonchev–Trinajstić information content (AvgIpc) is 2.68. The zero-order valence-electron chi connectivity index (χ0n) is 15.9. The van der Waals surface area contributed by atoms with Gasteiger partial charge in [-0.05, 0) is 37.6 Å². The molecule has 0 saturated carbocycles. The summed E-state index contributed by atoms with van der Waals surface area (Å²) in [5, 5.41) is -1.36. The Hall–Kier alpha value is -2.45. The Kier molecular flexibility index (Phi) is 7.15. The predicted octanol–water partition coefficient (Wildman–Crippen LogP) is 3.72. The number of aryl methyl sites for hydroxylation is 1. The quantitative estimate of drug-likeness (QED) is 0.502. The number of hydrogen-bond acceptors (Lipinski definition) is 5. The van der Waals surface area contributed by atoms with E-state index in [0.29, 0.717) is 6.42 Å². The van der Waals surface area contributed by atoms with Crippen molar-refractivity contribution in [3.05, 3.63) is 72.3 Å². The third kappa shape index (κ3) is 4.88. The molecule has 8 heteroatoms. The monoisotopic (exact) mass is 421 g/mol. The average molecular weight is 422 g/mol. The summed E-state index contributed by atoms with van der Waals surface area (Å²) >= 11 is 0. The van der Waals surface area contributed by atoms with Gasteiger partial charge in [0, 0.05) is 4.90 Å². The van der Waals surface area contributed by atoms with E-state index in [-0.39, 0.29) is 9.79 Å². The molecule has 0 bridgehead atoms. The fourth-order valence-corrected chi connectivity index (χ4v) is 6.67. The molecule has 0 fully saturated rings. The smallest absolute Gasteiger partial charge is 0.326 e. The molecule has 0 spiro atoms. The van der Waals surface area contributed by atoms with Gasteiger partial charge in [0.1, 0.15) is 9.73 Å². The molecule has 150 valence electrons. The van der Waals surface area contributed by atoms with Gasteiger partial charge in [-0.1, -0.05) is 55.0 Å². The molecule has 2 unspecified atom stereocenters. The van der Waals surface area contributed by atoms with Crippen molar-refractivity contribution in [1.82, 2.24) is 0 Å². The van der Waals surface area contributed by atoms with Crippen LogP contribution >= 0.6 is 0 Å². The number of sulfonamides is 1. The lowest BCUT2D eigenvalue weighted by Crippen LogP contribution is -2.30. The second-order valence-electron chi connectivity index (χ2n) is 6.02. The molecule has 0 heterocycles. The van der Waals surface area contributed by atoms with E-state index in [1.807, 2.05) is 13.8 Å². The highest BCUT2D eigenvalue weighted by atomic mass is 32.3. The van der Waals surface area contributed by atoms with E-state index in [9.17, 15) is 17.4 Å². The topological polar surface area (TPSA) is 89.9 Å². The highest BCUT2D eigenvalue weighted by Crippen LogP contribution is 2.25. The van der Waals surface area contributed by atoms with Crippen LogP contribution in [0.5, 0.6) is 0 Å². The summed E-state index contributed by atoms with van der Waals surface area (Å²) in [6, 6.07) is 14.0. The van der Waals surface area contributed by atoms with Crippen molar-refractivity contribution < 1.29 is 22.2 Å². The molecular weight excluding hydrogens is 398 g/mol. The van der Waals surface area contributed by atoms with Crippen LogP contribution in [-0.4, -0.2) is 31.0 Å². The van der Waals surface area contributed by atoms with Gasteiger partial charge in [0.15, 0.2) is 5.25 Å². The Labute approximate surface area is 166 Å². The van der Waals surface area contributed by atoms with E-state index in [2.05, 4.69) is 3.77 Å². The first-order chi connectivity index (χ1) is 13.2. The molecule has 2 aromatic rings. The molecule has 0 aromatic heterocycles. The largest absolute Gasteiger partial charge is 0.468 e. The maximum atomic E-state index is 14.0. The van der Waals surface area contributed by atoms with Crippen LogP contribution in [0, 0.1) is 6.92 Å². The molecule has 6 nitrogen and oxygen atoms in total. The van der Waals surface area contributed by atoms with E-state index < -0.39 is 31.0 Å². The number of ether oxygens (including phenoxy) is 1. The van der Waals surface area contributed by atoms with Crippen molar-refractivity contribution in [3.8, 4) is 0 Å². The third-order valence-electron chi connectivity index (χ3n) is 3.93. The predicted molar refractivity (Wildman–Crippen MR) is 109 cm³/mol. The van der Waals surface area contributed by atoms with Crippen LogP contribution in [0.25, 0.3) is 0 Å². The summed E-state index contributed by atoms with van der Waals surface area (Å²) in [6.45, 7) is 3.67. The number of methoxy groups -OCH3 is 1. The second kappa shape index (κ2) is 9.16. The Morgan fingerprint density at radius 3 is 2.18 bits per heavy atom. The number of allylic oxidation sites excluding steroid dienone is 1. The van der Waals surface area contributed by atoms with Gasteiger partial charge in [-0.2, -0.15) is 8.42 Å². The fraction of sp³-hybridized carbons (Fsp3) is 0.250. The minimum Gasteiger partial charge on any atom is -0.468 e. The van der Waals surface area contributed by atoms with Crippen molar-refractivity contribution in [2.24, 2.45) is 3.77 Å². The van der Waals surface area contributed by atoms with Crippen LogP contribution in [0.2, 0.25) is 0 Å². The van der Waals surface area contributed by atoms with Crippen LogP contribution in [0.4, 0.5) is 0 Å². The van der Waals surface area contributed by atoms with Crippen molar-refractivity contribution in [1.29, 1.82) is 0 Å². The molecule has 28 heavy (non-hydrogen) atoms. The number of carbonyl (C=O) groups excluding carboxylic acids is 1. The molecule has 0 N–H and O–H groups in total. The lowest BCUT2D eigenvalue weighted by molar-refractivity contribution is -0.139. The van der Waals surface area contributed by atoms with E-state index >= 15 is 0 Å². The number of hydrogen-bond donors (Lipinski definition) is 0. The molecule has 2 atom stereocenters. The van der Waals surface area contributed by atoms with Gasteiger partial charge in [0.25, 0.3) is 10.0 Å². The van der Waals surface area contributed by atoms with Crippen LogP contribution in [0.3, 0.4) is 0 Å². The van der Waals surface area contributed by atoms with Gasteiger partial charge in [-0.3, -0.25) is 4.79 Å². The first-order valence-corrected chi connectivity index (χ1v) is 11.6. The fourth-order valence-electron chi connectivity index (χ4n) is 2.44. The van der Waals surface area contributed by atoms with E-state index in [4.69, 9.17) is 4.74 Å². The number of nitrogens with zero attached hydrogens (tertiary/aromatic N) is 1. The first kappa shape index (κ1) is 21.8. The van der Waals surface area contributed by atoms with Crippen molar-refractivity contribution >= 4 is 25.7 Å². The van der Waals surface area contributed by atoms with Crippen LogP contribution in [0.15, 0.2) is 80.3 Å². The third-order valence-corrected chi connectivity index (χ3v) is 8.46.